The maximum Gasteiger partial charge on any atom is 0.0891 e. The Morgan fingerprint density at radius 1 is 0.846 bits per heavy atom. The molecule has 0 bridgehead atoms. The summed E-state index contributed by atoms with van der Waals surface area (Å²) < 4.78 is 2.22. The first kappa shape index (κ1) is 16.7. The van der Waals surface area contributed by atoms with Crippen LogP contribution in [0.15, 0.2) is 66.7 Å². The molecule has 0 radical (unpaired) electrons. The summed E-state index contributed by atoms with van der Waals surface area (Å²) in [7, 11) is 0. The molecule has 0 spiro atoms. The van der Waals surface area contributed by atoms with E-state index < -0.39 is 6.10 Å². The van der Waals surface area contributed by atoms with E-state index in [4.69, 9.17) is 0 Å². The van der Waals surface area contributed by atoms with Crippen LogP contribution in [-0.4, -0.2) is 22.3 Å². The van der Waals surface area contributed by atoms with E-state index in [0.717, 1.165) is 5.69 Å². The Kier molecular flexibility index (Phi) is 4.39. The molecule has 4 aromatic rings. The van der Waals surface area contributed by atoms with E-state index in [2.05, 4.69) is 90.5 Å². The van der Waals surface area contributed by atoms with Gasteiger partial charge in [0.15, 0.2) is 0 Å². The second kappa shape index (κ2) is 6.85. The van der Waals surface area contributed by atoms with E-state index in [0.29, 0.717) is 13.1 Å². The largest absolute Gasteiger partial charge is 0.389 e. The fourth-order valence-corrected chi connectivity index (χ4v) is 3.79. The second-order valence-electron chi connectivity index (χ2n) is 7.06. The van der Waals surface area contributed by atoms with Crippen molar-refractivity contribution in [2.24, 2.45) is 0 Å². The molecule has 4 rings (SSSR count). The van der Waals surface area contributed by atoms with Crippen molar-refractivity contribution < 1.29 is 5.11 Å². The van der Waals surface area contributed by atoms with Gasteiger partial charge in [-0.25, -0.2) is 0 Å². The van der Waals surface area contributed by atoms with E-state index in [1.807, 2.05) is 0 Å². The van der Waals surface area contributed by atoms with Crippen molar-refractivity contribution in [1.29, 1.82) is 0 Å². The number of fused-ring (bicyclic) bond motifs is 3. The monoisotopic (exact) mass is 344 g/mol. The van der Waals surface area contributed by atoms with Crippen LogP contribution in [-0.2, 0) is 6.54 Å². The number of nitrogens with one attached hydrogen (secondary N) is 1. The zero-order valence-corrected chi connectivity index (χ0v) is 15.2. The fraction of sp³-hybridized carbons (Fsp3) is 0.217. The van der Waals surface area contributed by atoms with E-state index in [-0.39, 0.29) is 0 Å². The number of aliphatic hydroxyl groups is 1. The van der Waals surface area contributed by atoms with Crippen LogP contribution in [0.5, 0.6) is 0 Å². The van der Waals surface area contributed by atoms with Gasteiger partial charge >= 0.3 is 0 Å². The molecule has 1 heterocycles. The van der Waals surface area contributed by atoms with Crippen molar-refractivity contribution in [3.63, 3.8) is 0 Å². The predicted molar refractivity (Wildman–Crippen MR) is 110 cm³/mol. The number of aryl methyl sites for hydroxylation is 2. The van der Waals surface area contributed by atoms with Gasteiger partial charge in [-0.2, -0.15) is 0 Å². The summed E-state index contributed by atoms with van der Waals surface area (Å²) in [5.41, 5.74) is 5.84. The van der Waals surface area contributed by atoms with Gasteiger partial charge in [-0.1, -0.05) is 42.5 Å². The zero-order chi connectivity index (χ0) is 18.1. The maximum atomic E-state index is 10.7. The molecule has 0 aliphatic heterocycles. The molecule has 0 saturated carbocycles. The quantitative estimate of drug-likeness (QED) is 0.541. The minimum Gasteiger partial charge on any atom is -0.389 e. The van der Waals surface area contributed by atoms with Crippen LogP contribution in [0.4, 0.5) is 5.69 Å². The molecule has 3 aromatic carbocycles. The Balaban J connectivity index is 1.58. The standard InChI is InChI=1S/C23H24N2O/c1-16-11-17(2)13-18(12-16)24-14-19(26)15-25-22-9-5-3-7-20(22)21-8-4-6-10-23(21)25/h3-13,19,24,26H,14-15H2,1-2H3. The van der Waals surface area contributed by atoms with Gasteiger partial charge in [0.1, 0.15) is 0 Å². The molecule has 3 nitrogen and oxygen atoms in total. The van der Waals surface area contributed by atoms with Crippen LogP contribution in [0.1, 0.15) is 11.1 Å². The Morgan fingerprint density at radius 2 is 1.38 bits per heavy atom. The fourth-order valence-electron chi connectivity index (χ4n) is 3.79. The van der Waals surface area contributed by atoms with Gasteiger partial charge in [0.2, 0.25) is 0 Å². The van der Waals surface area contributed by atoms with E-state index >= 15 is 0 Å². The summed E-state index contributed by atoms with van der Waals surface area (Å²) in [6.07, 6.45) is -0.477. The van der Waals surface area contributed by atoms with Crippen LogP contribution in [0.2, 0.25) is 0 Å². The highest BCUT2D eigenvalue weighted by Crippen LogP contribution is 2.28. The molecule has 26 heavy (non-hydrogen) atoms. The number of para-hydroxylation sites is 2. The number of rotatable bonds is 5. The molecule has 3 heteroatoms. The van der Waals surface area contributed by atoms with Crippen molar-refractivity contribution >= 4 is 27.5 Å². The number of nitrogens with zero attached hydrogens (tertiary/aromatic N) is 1. The summed E-state index contributed by atoms with van der Waals surface area (Å²) in [4.78, 5) is 0. The van der Waals surface area contributed by atoms with Gasteiger partial charge in [0.25, 0.3) is 0 Å². The normalized spacial score (nSPS) is 12.6. The topological polar surface area (TPSA) is 37.2 Å². The van der Waals surface area contributed by atoms with Crippen molar-refractivity contribution in [2.45, 2.75) is 26.5 Å². The molecule has 2 N–H and O–H groups in total. The number of aromatic nitrogens is 1. The average molecular weight is 344 g/mol. The minimum atomic E-state index is -0.477. The predicted octanol–water partition coefficient (Wildman–Crippen LogP) is 4.88. The van der Waals surface area contributed by atoms with Crippen LogP contribution in [0.25, 0.3) is 21.8 Å². The summed E-state index contributed by atoms with van der Waals surface area (Å²) in [6.45, 7) is 5.26. The third kappa shape index (κ3) is 3.18. The molecule has 0 amide bonds. The highest BCUT2D eigenvalue weighted by atomic mass is 16.3. The third-order valence-corrected chi connectivity index (χ3v) is 4.84. The lowest BCUT2D eigenvalue weighted by molar-refractivity contribution is 0.169. The molecule has 1 atom stereocenters. The second-order valence-corrected chi connectivity index (χ2v) is 7.06. The van der Waals surface area contributed by atoms with Gasteiger partial charge in [-0.3, -0.25) is 0 Å². The minimum absolute atomic E-state index is 0.477. The number of hydrogen-bond acceptors (Lipinski definition) is 2. The average Bonchev–Trinajstić information content (AvgIpc) is 2.94. The lowest BCUT2D eigenvalue weighted by Gasteiger charge is -2.16. The van der Waals surface area contributed by atoms with Crippen molar-refractivity contribution in [2.75, 3.05) is 11.9 Å². The molecule has 1 aromatic heterocycles. The van der Waals surface area contributed by atoms with E-state index in [1.165, 1.54) is 32.9 Å². The first-order valence-electron chi connectivity index (χ1n) is 9.08. The lowest BCUT2D eigenvalue weighted by Crippen LogP contribution is -2.24. The number of anilines is 1. The molecular formula is C23H24N2O. The van der Waals surface area contributed by atoms with Gasteiger partial charge < -0.3 is 15.0 Å². The van der Waals surface area contributed by atoms with Crippen LogP contribution in [0, 0.1) is 13.8 Å². The lowest BCUT2D eigenvalue weighted by atomic mass is 10.1. The summed E-state index contributed by atoms with van der Waals surface area (Å²) in [5.74, 6) is 0. The zero-order valence-electron chi connectivity index (χ0n) is 15.2. The highest BCUT2D eigenvalue weighted by Gasteiger charge is 2.13. The van der Waals surface area contributed by atoms with Crippen LogP contribution < -0.4 is 5.32 Å². The summed E-state index contributed by atoms with van der Waals surface area (Å²) in [5, 5.41) is 16.5. The molecule has 0 fully saturated rings. The Morgan fingerprint density at radius 3 is 1.96 bits per heavy atom. The Labute approximate surface area is 153 Å². The summed E-state index contributed by atoms with van der Waals surface area (Å²) >= 11 is 0. The first-order valence-corrected chi connectivity index (χ1v) is 9.08. The Bertz CT molecular complexity index is 991. The van der Waals surface area contributed by atoms with E-state index in [9.17, 15) is 5.11 Å². The van der Waals surface area contributed by atoms with Crippen molar-refractivity contribution in [3.8, 4) is 0 Å². The van der Waals surface area contributed by atoms with Crippen LogP contribution in [0.3, 0.4) is 0 Å². The Hall–Kier alpha value is -2.78. The van der Waals surface area contributed by atoms with Crippen molar-refractivity contribution in [3.05, 3.63) is 77.9 Å². The molecule has 0 saturated heterocycles. The van der Waals surface area contributed by atoms with Gasteiger partial charge in [-0.05, 0) is 49.2 Å². The molecule has 1 unspecified atom stereocenters. The molecule has 0 aliphatic carbocycles. The van der Waals surface area contributed by atoms with E-state index in [1.54, 1.807) is 0 Å². The third-order valence-electron chi connectivity index (χ3n) is 4.84. The molecule has 0 aliphatic rings. The highest BCUT2D eigenvalue weighted by molar-refractivity contribution is 6.07. The SMILES string of the molecule is Cc1cc(C)cc(NCC(O)Cn2c3ccccc3c3ccccc32)c1. The first-order chi connectivity index (χ1) is 12.6. The summed E-state index contributed by atoms with van der Waals surface area (Å²) in [6, 6.07) is 23.2. The van der Waals surface area contributed by atoms with Gasteiger partial charge in [0, 0.05) is 34.0 Å². The number of benzene rings is 3. The van der Waals surface area contributed by atoms with Crippen LogP contribution >= 0.6 is 0 Å². The number of hydrogen-bond donors (Lipinski definition) is 2. The van der Waals surface area contributed by atoms with Crippen molar-refractivity contribution in [1.82, 2.24) is 4.57 Å². The van der Waals surface area contributed by atoms with Gasteiger partial charge in [-0.15, -0.1) is 0 Å². The maximum absolute atomic E-state index is 10.7. The number of aliphatic hydroxyl groups excluding tert-OH is 1. The van der Waals surface area contributed by atoms with Gasteiger partial charge in [0.05, 0.1) is 12.6 Å². The molecule has 132 valence electrons. The smallest absolute Gasteiger partial charge is 0.0891 e. The molecular weight excluding hydrogens is 320 g/mol.